The highest BCUT2D eigenvalue weighted by molar-refractivity contribution is 6.07. The van der Waals surface area contributed by atoms with Crippen LogP contribution in [0.4, 0.5) is 11.8 Å². The normalized spacial score (nSPS) is 20.7. The second-order valence-electron chi connectivity index (χ2n) is 4.94. The molecule has 0 saturated heterocycles. The first-order valence-corrected chi connectivity index (χ1v) is 6.25. The third-order valence-electron chi connectivity index (χ3n) is 3.99. The maximum absolute atomic E-state index is 12.6. The lowest BCUT2D eigenvalue weighted by Gasteiger charge is -2.22. The van der Waals surface area contributed by atoms with Gasteiger partial charge in [-0.2, -0.15) is 4.98 Å². The van der Waals surface area contributed by atoms with Gasteiger partial charge in [0.15, 0.2) is 0 Å². The number of nitrogens with two attached hydrogens (primary N) is 1. The van der Waals surface area contributed by atoms with Crippen molar-refractivity contribution >= 4 is 17.7 Å². The highest BCUT2D eigenvalue weighted by Crippen LogP contribution is 2.50. The largest absolute Gasteiger partial charge is 0.395 e. The average Bonchev–Trinajstić information content (AvgIpc) is 2.92. The molecule has 1 aliphatic heterocycles. The SMILES string of the molecule is Nc1ncc2c(n1)N(CCO)C(=O)C21CCCC1. The predicted molar refractivity (Wildman–Crippen MR) is 66.0 cm³/mol. The summed E-state index contributed by atoms with van der Waals surface area (Å²) in [5.74, 6) is 0.798. The van der Waals surface area contributed by atoms with Gasteiger partial charge in [-0.1, -0.05) is 12.8 Å². The van der Waals surface area contributed by atoms with Crippen molar-refractivity contribution < 1.29 is 9.90 Å². The molecular formula is C12H16N4O2. The average molecular weight is 248 g/mol. The smallest absolute Gasteiger partial charge is 0.239 e. The number of aromatic nitrogens is 2. The summed E-state index contributed by atoms with van der Waals surface area (Å²) in [5.41, 5.74) is 6.02. The van der Waals surface area contributed by atoms with Crippen LogP contribution in [0.1, 0.15) is 31.2 Å². The van der Waals surface area contributed by atoms with Gasteiger partial charge in [-0.3, -0.25) is 9.69 Å². The summed E-state index contributed by atoms with van der Waals surface area (Å²) < 4.78 is 0. The molecule has 1 fully saturated rings. The molecule has 0 bridgehead atoms. The minimum atomic E-state index is -0.460. The van der Waals surface area contributed by atoms with Crippen LogP contribution in [0.25, 0.3) is 0 Å². The number of nitrogen functional groups attached to an aromatic ring is 1. The molecule has 0 radical (unpaired) electrons. The molecule has 1 spiro atoms. The third kappa shape index (κ3) is 1.35. The van der Waals surface area contributed by atoms with Gasteiger partial charge in [0, 0.05) is 11.8 Å². The molecule has 1 aromatic rings. The molecule has 6 heteroatoms. The van der Waals surface area contributed by atoms with Gasteiger partial charge in [0.2, 0.25) is 11.9 Å². The van der Waals surface area contributed by atoms with E-state index >= 15 is 0 Å². The van der Waals surface area contributed by atoms with Crippen LogP contribution in [-0.4, -0.2) is 34.1 Å². The summed E-state index contributed by atoms with van der Waals surface area (Å²) in [4.78, 5) is 22.4. The Labute approximate surface area is 105 Å². The Balaban J connectivity index is 2.14. The molecule has 1 aromatic heterocycles. The number of hydrogen-bond donors (Lipinski definition) is 2. The molecule has 2 aliphatic rings. The van der Waals surface area contributed by atoms with Crippen molar-refractivity contribution in [3.8, 4) is 0 Å². The Morgan fingerprint density at radius 3 is 2.83 bits per heavy atom. The van der Waals surface area contributed by atoms with Crippen molar-refractivity contribution in [1.82, 2.24) is 9.97 Å². The third-order valence-corrected chi connectivity index (χ3v) is 3.99. The molecule has 0 aromatic carbocycles. The second-order valence-corrected chi connectivity index (χ2v) is 4.94. The minimum absolute atomic E-state index is 0.0453. The van der Waals surface area contributed by atoms with E-state index in [2.05, 4.69) is 9.97 Å². The lowest BCUT2D eigenvalue weighted by molar-refractivity contribution is -0.123. The summed E-state index contributed by atoms with van der Waals surface area (Å²) in [6.45, 7) is 0.190. The van der Waals surface area contributed by atoms with Crippen LogP contribution in [0.2, 0.25) is 0 Å². The molecule has 3 N–H and O–H groups in total. The predicted octanol–water partition coefficient (Wildman–Crippen LogP) is 0.209. The number of β-amino-alcohol motifs (C(OH)–C–C–N with tert-alkyl or cyclic N) is 1. The van der Waals surface area contributed by atoms with Crippen molar-refractivity contribution in [1.29, 1.82) is 0 Å². The Morgan fingerprint density at radius 1 is 1.44 bits per heavy atom. The lowest BCUT2D eigenvalue weighted by Crippen LogP contribution is -2.39. The number of rotatable bonds is 2. The van der Waals surface area contributed by atoms with E-state index in [1.54, 1.807) is 11.1 Å². The quantitative estimate of drug-likeness (QED) is 0.780. The molecule has 2 heterocycles. The lowest BCUT2D eigenvalue weighted by atomic mass is 9.81. The first-order chi connectivity index (χ1) is 8.69. The van der Waals surface area contributed by atoms with Crippen LogP contribution in [0, 0.1) is 0 Å². The van der Waals surface area contributed by atoms with Gasteiger partial charge in [-0.15, -0.1) is 0 Å². The van der Waals surface area contributed by atoms with Crippen molar-refractivity contribution in [2.45, 2.75) is 31.1 Å². The van der Waals surface area contributed by atoms with E-state index in [1.807, 2.05) is 0 Å². The fourth-order valence-electron chi connectivity index (χ4n) is 3.17. The second kappa shape index (κ2) is 3.91. The van der Waals surface area contributed by atoms with Crippen LogP contribution in [0.3, 0.4) is 0 Å². The van der Waals surface area contributed by atoms with Crippen LogP contribution >= 0.6 is 0 Å². The van der Waals surface area contributed by atoms with Gasteiger partial charge in [0.05, 0.1) is 18.6 Å². The number of hydrogen-bond acceptors (Lipinski definition) is 5. The molecule has 6 nitrogen and oxygen atoms in total. The fourth-order valence-corrected chi connectivity index (χ4v) is 3.17. The van der Waals surface area contributed by atoms with Crippen LogP contribution in [0.5, 0.6) is 0 Å². The summed E-state index contributed by atoms with van der Waals surface area (Å²) in [5, 5.41) is 9.10. The Hall–Kier alpha value is -1.69. The van der Waals surface area contributed by atoms with Gasteiger partial charge < -0.3 is 10.8 Å². The Morgan fingerprint density at radius 2 is 2.17 bits per heavy atom. The number of carbonyl (C=O) groups is 1. The molecule has 1 amide bonds. The van der Waals surface area contributed by atoms with E-state index in [0.717, 1.165) is 31.2 Å². The summed E-state index contributed by atoms with van der Waals surface area (Å²) in [6.07, 6.45) is 5.45. The number of nitrogens with zero attached hydrogens (tertiary/aromatic N) is 3. The number of anilines is 2. The first kappa shape index (κ1) is 11.4. The van der Waals surface area contributed by atoms with Gasteiger partial charge in [0.1, 0.15) is 5.82 Å². The number of aliphatic hydroxyl groups excluding tert-OH is 1. The van der Waals surface area contributed by atoms with E-state index in [9.17, 15) is 4.79 Å². The van der Waals surface area contributed by atoms with Crippen LogP contribution in [-0.2, 0) is 10.2 Å². The number of aliphatic hydroxyl groups is 1. The molecule has 0 atom stereocenters. The van der Waals surface area contributed by atoms with Gasteiger partial charge >= 0.3 is 0 Å². The van der Waals surface area contributed by atoms with E-state index in [4.69, 9.17) is 10.8 Å². The van der Waals surface area contributed by atoms with E-state index in [1.165, 1.54) is 0 Å². The van der Waals surface area contributed by atoms with Crippen molar-refractivity contribution in [3.63, 3.8) is 0 Å². The van der Waals surface area contributed by atoms with Crippen molar-refractivity contribution in [2.24, 2.45) is 0 Å². The Bertz CT molecular complexity index is 497. The van der Waals surface area contributed by atoms with E-state index in [-0.39, 0.29) is 25.0 Å². The van der Waals surface area contributed by atoms with Crippen molar-refractivity contribution in [2.75, 3.05) is 23.8 Å². The maximum Gasteiger partial charge on any atom is 0.239 e. The molecule has 1 aliphatic carbocycles. The number of amides is 1. The van der Waals surface area contributed by atoms with Gasteiger partial charge in [0.25, 0.3) is 0 Å². The molecule has 0 unspecified atom stereocenters. The highest BCUT2D eigenvalue weighted by atomic mass is 16.3. The van der Waals surface area contributed by atoms with Crippen molar-refractivity contribution in [3.05, 3.63) is 11.8 Å². The molecular weight excluding hydrogens is 232 g/mol. The molecule has 3 rings (SSSR count). The molecule has 1 saturated carbocycles. The standard InChI is InChI=1S/C12H16N4O2/c13-11-14-7-8-9(15-11)16(5-6-17)10(18)12(8)3-1-2-4-12/h7,17H,1-6H2,(H2,13,14,15). The van der Waals surface area contributed by atoms with E-state index in [0.29, 0.717) is 5.82 Å². The van der Waals surface area contributed by atoms with E-state index < -0.39 is 5.41 Å². The molecule has 18 heavy (non-hydrogen) atoms. The maximum atomic E-state index is 12.6. The monoisotopic (exact) mass is 248 g/mol. The van der Waals surface area contributed by atoms with Crippen LogP contribution < -0.4 is 10.6 Å². The summed E-state index contributed by atoms with van der Waals surface area (Å²) in [7, 11) is 0. The summed E-state index contributed by atoms with van der Waals surface area (Å²) in [6, 6.07) is 0. The highest BCUT2D eigenvalue weighted by Gasteiger charge is 2.53. The zero-order valence-electron chi connectivity index (χ0n) is 10.1. The fraction of sp³-hybridized carbons (Fsp3) is 0.583. The van der Waals surface area contributed by atoms with Gasteiger partial charge in [-0.25, -0.2) is 4.98 Å². The minimum Gasteiger partial charge on any atom is -0.395 e. The zero-order chi connectivity index (χ0) is 12.8. The summed E-state index contributed by atoms with van der Waals surface area (Å²) >= 11 is 0. The topological polar surface area (TPSA) is 92.3 Å². The van der Waals surface area contributed by atoms with Crippen LogP contribution in [0.15, 0.2) is 6.20 Å². The number of fused-ring (bicyclic) bond motifs is 2. The Kier molecular flexibility index (Phi) is 2.48. The first-order valence-electron chi connectivity index (χ1n) is 6.25. The molecule has 96 valence electrons. The van der Waals surface area contributed by atoms with Gasteiger partial charge in [-0.05, 0) is 12.8 Å². The number of carbonyl (C=O) groups excluding carboxylic acids is 1. The zero-order valence-corrected chi connectivity index (χ0v) is 10.1.